The first-order chi connectivity index (χ1) is 14.7. The molecule has 166 valence electrons. The average Bonchev–Trinajstić information content (AvgIpc) is 2.82. The molecule has 2 aliphatic heterocycles. The summed E-state index contributed by atoms with van der Waals surface area (Å²) < 4.78 is 32.5. The molecule has 0 aliphatic carbocycles. The summed E-state index contributed by atoms with van der Waals surface area (Å²) in [6.45, 7) is 9.48. The zero-order chi connectivity index (χ0) is 22.3. The molecular weight excluding hydrogens is 471 g/mol. The SMILES string of the molecule is CC1Oc2c(F)cc(Br)cc2N(C(=O)OC(C)(C)C)c2ncnc(N3CCOCC3)c21. The number of ether oxygens (including phenoxy) is 3. The Kier molecular flexibility index (Phi) is 5.78. The third-order valence-electron chi connectivity index (χ3n) is 4.87. The van der Waals surface area contributed by atoms with Crippen LogP contribution < -0.4 is 14.5 Å². The molecule has 0 saturated carbocycles. The standard InChI is InChI=1S/C21H24BrFN4O4/c1-12-16-18(26-5-7-29-8-6-26)24-11-25-19(16)27(20(28)31-21(2,3)4)15-10-13(22)9-14(23)17(15)30-12/h9-12H,5-8H2,1-4H3. The van der Waals surface area contributed by atoms with Crippen molar-refractivity contribution in [2.24, 2.45) is 0 Å². The van der Waals surface area contributed by atoms with Gasteiger partial charge in [-0.25, -0.2) is 24.1 Å². The summed E-state index contributed by atoms with van der Waals surface area (Å²) in [4.78, 5) is 25.5. The highest BCUT2D eigenvalue weighted by Crippen LogP contribution is 2.47. The first kappa shape index (κ1) is 21.8. The highest BCUT2D eigenvalue weighted by atomic mass is 79.9. The number of halogens is 2. The summed E-state index contributed by atoms with van der Waals surface area (Å²) >= 11 is 3.31. The lowest BCUT2D eigenvalue weighted by atomic mass is 10.1. The molecule has 1 amide bonds. The van der Waals surface area contributed by atoms with Crippen molar-refractivity contribution in [2.45, 2.75) is 39.4 Å². The van der Waals surface area contributed by atoms with Crippen LogP contribution in [0.1, 0.15) is 39.4 Å². The largest absolute Gasteiger partial charge is 0.480 e. The van der Waals surface area contributed by atoms with Crippen LogP contribution >= 0.6 is 15.9 Å². The van der Waals surface area contributed by atoms with Crippen LogP contribution in [0, 0.1) is 5.82 Å². The number of fused-ring (bicyclic) bond motifs is 2. The first-order valence-corrected chi connectivity index (χ1v) is 10.8. The second kappa shape index (κ2) is 8.23. The number of nitrogens with zero attached hydrogens (tertiary/aromatic N) is 4. The van der Waals surface area contributed by atoms with Crippen molar-refractivity contribution in [3.8, 4) is 5.75 Å². The van der Waals surface area contributed by atoms with Gasteiger partial charge in [-0.05, 0) is 39.8 Å². The van der Waals surface area contributed by atoms with E-state index in [0.717, 1.165) is 0 Å². The highest BCUT2D eigenvalue weighted by Gasteiger charge is 2.38. The van der Waals surface area contributed by atoms with E-state index in [2.05, 4.69) is 30.8 Å². The number of carbonyl (C=O) groups is 1. The van der Waals surface area contributed by atoms with Gasteiger partial charge in [0.05, 0.1) is 18.8 Å². The molecular formula is C21H24BrFN4O4. The number of carbonyl (C=O) groups excluding carboxylic acids is 1. The van der Waals surface area contributed by atoms with E-state index in [-0.39, 0.29) is 11.4 Å². The minimum Gasteiger partial charge on any atom is -0.480 e. The highest BCUT2D eigenvalue weighted by molar-refractivity contribution is 9.10. The Morgan fingerprint density at radius 1 is 1.23 bits per heavy atom. The summed E-state index contributed by atoms with van der Waals surface area (Å²) in [5.74, 6) is 0.280. The third-order valence-corrected chi connectivity index (χ3v) is 5.33. The van der Waals surface area contributed by atoms with Gasteiger partial charge in [-0.2, -0.15) is 0 Å². The zero-order valence-corrected chi connectivity index (χ0v) is 19.4. The van der Waals surface area contributed by atoms with Gasteiger partial charge in [-0.15, -0.1) is 0 Å². The first-order valence-electron chi connectivity index (χ1n) is 10.0. The van der Waals surface area contributed by atoms with Crippen molar-refractivity contribution in [3.63, 3.8) is 0 Å². The van der Waals surface area contributed by atoms with Gasteiger partial charge >= 0.3 is 6.09 Å². The number of hydrogen-bond donors (Lipinski definition) is 0. The van der Waals surface area contributed by atoms with Crippen LogP contribution in [-0.4, -0.2) is 48.0 Å². The molecule has 0 spiro atoms. The van der Waals surface area contributed by atoms with Crippen molar-refractivity contribution in [1.82, 2.24) is 9.97 Å². The number of hydrogen-bond acceptors (Lipinski definition) is 7. The summed E-state index contributed by atoms with van der Waals surface area (Å²) in [5, 5.41) is 0. The van der Waals surface area contributed by atoms with Gasteiger partial charge < -0.3 is 19.1 Å². The smallest absolute Gasteiger partial charge is 0.420 e. The van der Waals surface area contributed by atoms with Crippen molar-refractivity contribution < 1.29 is 23.4 Å². The topological polar surface area (TPSA) is 77.0 Å². The predicted molar refractivity (Wildman–Crippen MR) is 117 cm³/mol. The molecule has 0 N–H and O–H groups in total. The van der Waals surface area contributed by atoms with Crippen molar-refractivity contribution >= 4 is 39.3 Å². The maximum absolute atomic E-state index is 14.9. The van der Waals surface area contributed by atoms with Crippen LogP contribution in [0.3, 0.4) is 0 Å². The number of anilines is 3. The second-order valence-electron chi connectivity index (χ2n) is 8.35. The molecule has 10 heteroatoms. The fourth-order valence-corrected chi connectivity index (χ4v) is 4.04. The molecule has 8 nitrogen and oxygen atoms in total. The summed E-state index contributed by atoms with van der Waals surface area (Å²) in [6, 6.07) is 2.91. The van der Waals surface area contributed by atoms with Gasteiger partial charge in [0, 0.05) is 17.6 Å². The Balaban J connectivity index is 1.93. The molecule has 1 saturated heterocycles. The molecule has 1 atom stereocenters. The molecule has 1 fully saturated rings. The molecule has 0 bridgehead atoms. The minimum absolute atomic E-state index is 0.0486. The molecule has 2 aromatic rings. The monoisotopic (exact) mass is 494 g/mol. The van der Waals surface area contributed by atoms with Gasteiger partial charge in [0.2, 0.25) is 0 Å². The Morgan fingerprint density at radius 3 is 2.58 bits per heavy atom. The molecule has 0 radical (unpaired) electrons. The molecule has 2 aliphatic rings. The Morgan fingerprint density at radius 2 is 1.90 bits per heavy atom. The van der Waals surface area contributed by atoms with Gasteiger partial charge in [-0.3, -0.25) is 0 Å². The van der Waals surface area contributed by atoms with Crippen molar-refractivity contribution in [3.05, 3.63) is 34.3 Å². The lowest BCUT2D eigenvalue weighted by Gasteiger charge is -2.31. The lowest BCUT2D eigenvalue weighted by Crippen LogP contribution is -2.38. The molecule has 3 heterocycles. The van der Waals surface area contributed by atoms with Crippen LogP contribution in [-0.2, 0) is 9.47 Å². The van der Waals surface area contributed by atoms with Crippen LogP contribution in [0.4, 0.5) is 26.5 Å². The number of rotatable bonds is 1. The second-order valence-corrected chi connectivity index (χ2v) is 9.26. The van der Waals surface area contributed by atoms with Crippen LogP contribution in [0.25, 0.3) is 0 Å². The maximum atomic E-state index is 14.9. The Bertz CT molecular complexity index is 1010. The number of amides is 1. The van der Waals surface area contributed by atoms with E-state index in [4.69, 9.17) is 14.2 Å². The van der Waals surface area contributed by atoms with E-state index in [9.17, 15) is 9.18 Å². The maximum Gasteiger partial charge on any atom is 0.420 e. The molecule has 31 heavy (non-hydrogen) atoms. The molecule has 1 unspecified atom stereocenters. The molecule has 1 aromatic carbocycles. The van der Waals surface area contributed by atoms with Crippen LogP contribution in [0.5, 0.6) is 5.75 Å². The quantitative estimate of drug-likeness (QED) is 0.566. The summed E-state index contributed by atoms with van der Waals surface area (Å²) in [5.41, 5.74) is 0.0289. The van der Waals surface area contributed by atoms with Gasteiger partial charge in [-0.1, -0.05) is 15.9 Å². The predicted octanol–water partition coefficient (Wildman–Crippen LogP) is 4.74. The van der Waals surface area contributed by atoms with Crippen LogP contribution in [0.15, 0.2) is 22.9 Å². The fourth-order valence-electron chi connectivity index (χ4n) is 3.62. The van der Waals surface area contributed by atoms with E-state index < -0.39 is 23.6 Å². The van der Waals surface area contributed by atoms with E-state index in [1.54, 1.807) is 33.8 Å². The Hall–Kier alpha value is -2.46. The number of aromatic nitrogens is 2. The van der Waals surface area contributed by atoms with E-state index in [1.165, 1.54) is 17.3 Å². The molecule has 1 aromatic heterocycles. The fraction of sp³-hybridized carbons (Fsp3) is 0.476. The van der Waals surface area contributed by atoms with Crippen molar-refractivity contribution in [2.75, 3.05) is 36.1 Å². The summed E-state index contributed by atoms with van der Waals surface area (Å²) in [7, 11) is 0. The number of benzene rings is 1. The number of morpholine rings is 1. The van der Waals surface area contributed by atoms with E-state index in [1.807, 2.05) is 0 Å². The Labute approximate surface area is 188 Å². The van der Waals surface area contributed by atoms with Gasteiger partial charge in [0.15, 0.2) is 17.4 Å². The minimum atomic E-state index is -0.763. The average molecular weight is 495 g/mol. The van der Waals surface area contributed by atoms with Gasteiger partial charge in [0.25, 0.3) is 0 Å². The van der Waals surface area contributed by atoms with E-state index in [0.29, 0.717) is 48.0 Å². The lowest BCUT2D eigenvalue weighted by molar-refractivity contribution is 0.0597. The van der Waals surface area contributed by atoms with Crippen LogP contribution in [0.2, 0.25) is 0 Å². The molecule has 4 rings (SSSR count). The summed E-state index contributed by atoms with van der Waals surface area (Å²) in [6.07, 6.45) is 0.0975. The van der Waals surface area contributed by atoms with E-state index >= 15 is 0 Å². The zero-order valence-electron chi connectivity index (χ0n) is 17.8. The normalized spacial score (nSPS) is 18.6. The van der Waals surface area contributed by atoms with Crippen molar-refractivity contribution in [1.29, 1.82) is 0 Å². The van der Waals surface area contributed by atoms with Gasteiger partial charge in [0.1, 0.15) is 29.5 Å². The third kappa shape index (κ3) is 4.31.